The van der Waals surface area contributed by atoms with E-state index in [9.17, 15) is 0 Å². The Labute approximate surface area is 227 Å². The third kappa shape index (κ3) is 7.83. The zero-order valence-electron chi connectivity index (χ0n) is 24.2. The van der Waals surface area contributed by atoms with Gasteiger partial charge in [-0.2, -0.15) is 0 Å². The third-order valence-corrected chi connectivity index (χ3v) is 5.76. The molecule has 0 aliphatic rings. The Morgan fingerprint density at radius 3 is 2.37 bits per heavy atom. The molecule has 0 aliphatic carbocycles. The van der Waals surface area contributed by atoms with Crippen molar-refractivity contribution in [1.82, 2.24) is 9.97 Å². The molecule has 0 bridgehead atoms. The fraction of sp³-hybridized carbons (Fsp3) is 0.484. The van der Waals surface area contributed by atoms with Crippen molar-refractivity contribution in [2.45, 2.75) is 79.3 Å². The van der Waals surface area contributed by atoms with Gasteiger partial charge >= 0.3 is 0 Å². The number of anilines is 2. The van der Waals surface area contributed by atoms with Gasteiger partial charge in [0.05, 0.1) is 29.9 Å². The standard InChI is InChI=1S/C31H41N3O4/c1-11-24-13-12-21(4)27(14-24)34(10)30-25-15-28(36-18-23(6)38-31(7,8)9)29(16-26(25)32-19-33-30)37-22(5)17-35-20(2)3/h1,12-16,19-20,22-23H,17-18H2,2-10H3. The Hall–Kier alpha value is -3.34. The summed E-state index contributed by atoms with van der Waals surface area (Å²) in [5, 5.41) is 0.832. The zero-order chi connectivity index (χ0) is 28.0. The topological polar surface area (TPSA) is 65.9 Å². The van der Waals surface area contributed by atoms with E-state index in [1.807, 2.05) is 97.7 Å². The predicted molar refractivity (Wildman–Crippen MR) is 154 cm³/mol. The highest BCUT2D eigenvalue weighted by Gasteiger charge is 2.20. The summed E-state index contributed by atoms with van der Waals surface area (Å²) in [5.74, 6) is 4.64. The van der Waals surface area contributed by atoms with Crippen molar-refractivity contribution in [2.24, 2.45) is 0 Å². The van der Waals surface area contributed by atoms with Gasteiger partial charge in [0.1, 0.15) is 24.9 Å². The largest absolute Gasteiger partial charge is 0.487 e. The van der Waals surface area contributed by atoms with Gasteiger partial charge in [0.15, 0.2) is 11.5 Å². The first kappa shape index (κ1) is 29.2. The number of aromatic nitrogens is 2. The number of nitrogens with zero attached hydrogens (tertiary/aromatic N) is 3. The molecule has 2 unspecified atom stereocenters. The number of fused-ring (bicyclic) bond motifs is 1. The summed E-state index contributed by atoms with van der Waals surface area (Å²) >= 11 is 0. The molecule has 0 saturated carbocycles. The van der Waals surface area contributed by atoms with Crippen LogP contribution in [0.25, 0.3) is 10.9 Å². The van der Waals surface area contributed by atoms with Crippen LogP contribution in [-0.2, 0) is 9.47 Å². The Balaban J connectivity index is 2.03. The minimum atomic E-state index is -0.275. The van der Waals surface area contributed by atoms with Gasteiger partial charge in [0.25, 0.3) is 0 Å². The van der Waals surface area contributed by atoms with Gasteiger partial charge in [-0.1, -0.05) is 12.0 Å². The molecule has 3 aromatic rings. The minimum absolute atomic E-state index is 0.117. The van der Waals surface area contributed by atoms with E-state index in [0.717, 1.165) is 33.5 Å². The summed E-state index contributed by atoms with van der Waals surface area (Å²) in [6.45, 7) is 16.9. The first-order valence-corrected chi connectivity index (χ1v) is 13.1. The molecule has 38 heavy (non-hydrogen) atoms. The van der Waals surface area contributed by atoms with E-state index in [1.165, 1.54) is 0 Å². The van der Waals surface area contributed by atoms with Crippen molar-refractivity contribution in [3.05, 3.63) is 47.8 Å². The van der Waals surface area contributed by atoms with E-state index in [2.05, 4.69) is 15.9 Å². The molecule has 0 radical (unpaired) electrons. The van der Waals surface area contributed by atoms with Crippen LogP contribution < -0.4 is 14.4 Å². The van der Waals surface area contributed by atoms with E-state index in [1.54, 1.807) is 6.33 Å². The molecule has 0 saturated heterocycles. The van der Waals surface area contributed by atoms with Crippen molar-refractivity contribution in [3.8, 4) is 23.8 Å². The lowest BCUT2D eigenvalue weighted by Crippen LogP contribution is -2.29. The molecular formula is C31H41N3O4. The highest BCUT2D eigenvalue weighted by atomic mass is 16.6. The summed E-state index contributed by atoms with van der Waals surface area (Å²) in [6, 6.07) is 9.78. The van der Waals surface area contributed by atoms with Crippen LogP contribution in [0.4, 0.5) is 11.5 Å². The lowest BCUT2D eigenvalue weighted by atomic mass is 10.1. The summed E-state index contributed by atoms with van der Waals surface area (Å²) in [6.07, 6.45) is 7.04. The second kappa shape index (κ2) is 12.5. The number of benzene rings is 2. The number of hydrogen-bond donors (Lipinski definition) is 0. The molecule has 0 fully saturated rings. The van der Waals surface area contributed by atoms with E-state index in [0.29, 0.717) is 24.7 Å². The second-order valence-electron chi connectivity index (χ2n) is 10.9. The summed E-state index contributed by atoms with van der Waals surface area (Å²) in [5.41, 5.74) is 3.33. The van der Waals surface area contributed by atoms with Gasteiger partial charge in [-0.15, -0.1) is 6.42 Å². The van der Waals surface area contributed by atoms with Crippen molar-refractivity contribution in [3.63, 3.8) is 0 Å². The average Bonchev–Trinajstić information content (AvgIpc) is 2.84. The maximum absolute atomic E-state index is 6.29. The van der Waals surface area contributed by atoms with E-state index in [4.69, 9.17) is 25.4 Å². The highest BCUT2D eigenvalue weighted by molar-refractivity contribution is 5.94. The van der Waals surface area contributed by atoms with Gasteiger partial charge in [-0.25, -0.2) is 9.97 Å². The first-order chi connectivity index (χ1) is 17.9. The average molecular weight is 520 g/mol. The Morgan fingerprint density at radius 2 is 1.71 bits per heavy atom. The zero-order valence-corrected chi connectivity index (χ0v) is 24.2. The van der Waals surface area contributed by atoms with Crippen molar-refractivity contribution in [2.75, 3.05) is 25.2 Å². The van der Waals surface area contributed by atoms with E-state index < -0.39 is 0 Å². The fourth-order valence-corrected chi connectivity index (χ4v) is 4.12. The molecule has 0 amide bonds. The van der Waals surface area contributed by atoms with Gasteiger partial charge in [0, 0.05) is 29.8 Å². The van der Waals surface area contributed by atoms with Crippen LogP contribution in [0, 0.1) is 19.3 Å². The molecule has 204 valence electrons. The first-order valence-electron chi connectivity index (χ1n) is 13.1. The lowest BCUT2D eigenvalue weighted by molar-refractivity contribution is -0.0673. The maximum atomic E-state index is 6.29. The monoisotopic (exact) mass is 519 g/mol. The highest BCUT2D eigenvalue weighted by Crippen LogP contribution is 2.38. The van der Waals surface area contributed by atoms with Crippen molar-refractivity contribution >= 4 is 22.4 Å². The Morgan fingerprint density at radius 1 is 0.974 bits per heavy atom. The van der Waals surface area contributed by atoms with Crippen molar-refractivity contribution < 1.29 is 18.9 Å². The molecule has 7 heteroatoms. The van der Waals surface area contributed by atoms with Crippen molar-refractivity contribution in [1.29, 1.82) is 0 Å². The molecule has 2 aromatic carbocycles. The van der Waals surface area contributed by atoms with Crippen LogP contribution in [0.5, 0.6) is 11.5 Å². The summed E-state index contributed by atoms with van der Waals surface area (Å²) < 4.78 is 24.4. The Kier molecular flexibility index (Phi) is 9.59. The van der Waals surface area contributed by atoms with Gasteiger partial charge < -0.3 is 23.8 Å². The number of terminal acetylenes is 1. The molecule has 1 aromatic heterocycles. The SMILES string of the molecule is C#Cc1ccc(C)c(N(C)c2ncnc3cc(OC(C)COC(C)C)c(OCC(C)OC(C)(C)C)cc23)c1. The number of hydrogen-bond acceptors (Lipinski definition) is 7. The molecular weight excluding hydrogens is 478 g/mol. The molecule has 0 spiro atoms. The van der Waals surface area contributed by atoms with Gasteiger partial charge in [0.2, 0.25) is 0 Å². The third-order valence-electron chi connectivity index (χ3n) is 5.76. The Bertz CT molecular complexity index is 1280. The van der Waals surface area contributed by atoms with Crippen LogP contribution in [0.2, 0.25) is 0 Å². The number of ether oxygens (including phenoxy) is 4. The maximum Gasteiger partial charge on any atom is 0.163 e. The molecule has 1 heterocycles. The fourth-order valence-electron chi connectivity index (χ4n) is 4.12. The molecule has 7 nitrogen and oxygen atoms in total. The van der Waals surface area contributed by atoms with Crippen LogP contribution >= 0.6 is 0 Å². The van der Waals surface area contributed by atoms with Gasteiger partial charge in [-0.05, 0) is 79.2 Å². The van der Waals surface area contributed by atoms with Crippen LogP contribution in [0.15, 0.2) is 36.7 Å². The van der Waals surface area contributed by atoms with Gasteiger partial charge in [-0.3, -0.25) is 0 Å². The minimum Gasteiger partial charge on any atom is -0.487 e. The number of aryl methyl sites for hydroxylation is 1. The number of rotatable bonds is 11. The van der Waals surface area contributed by atoms with E-state index in [-0.39, 0.29) is 23.9 Å². The normalized spacial score (nSPS) is 13.3. The van der Waals surface area contributed by atoms with E-state index >= 15 is 0 Å². The summed E-state index contributed by atoms with van der Waals surface area (Å²) in [7, 11) is 1.97. The summed E-state index contributed by atoms with van der Waals surface area (Å²) in [4.78, 5) is 11.2. The predicted octanol–water partition coefficient (Wildman–Crippen LogP) is 6.46. The smallest absolute Gasteiger partial charge is 0.163 e. The van der Waals surface area contributed by atoms with Crippen LogP contribution in [0.1, 0.15) is 59.6 Å². The van der Waals surface area contributed by atoms with Crippen LogP contribution in [0.3, 0.4) is 0 Å². The molecule has 0 aliphatic heterocycles. The molecule has 3 rings (SSSR count). The molecule has 0 N–H and O–H groups in total. The lowest BCUT2D eigenvalue weighted by Gasteiger charge is -2.26. The quantitative estimate of drug-likeness (QED) is 0.269. The molecule has 2 atom stereocenters. The van der Waals surface area contributed by atoms with Crippen LogP contribution in [-0.4, -0.2) is 54.1 Å². The second-order valence-corrected chi connectivity index (χ2v) is 10.9.